The van der Waals surface area contributed by atoms with Gasteiger partial charge in [-0.05, 0) is 26.0 Å². The van der Waals surface area contributed by atoms with Gasteiger partial charge in [0.2, 0.25) is 0 Å². The number of aromatic nitrogens is 1. The molecule has 2 N–H and O–H groups in total. The van der Waals surface area contributed by atoms with E-state index in [0.717, 1.165) is 22.2 Å². The Morgan fingerprint density at radius 2 is 2.21 bits per heavy atom. The SMILES string of the molecule is Cc1ccc(C(N)c2csc(C)n2)o1. The second kappa shape index (κ2) is 3.55. The first kappa shape index (κ1) is 9.43. The lowest BCUT2D eigenvalue weighted by molar-refractivity contribution is 0.464. The van der Waals surface area contributed by atoms with E-state index in [1.54, 1.807) is 11.3 Å². The highest BCUT2D eigenvalue weighted by Gasteiger charge is 2.14. The van der Waals surface area contributed by atoms with Crippen LogP contribution in [0.3, 0.4) is 0 Å². The van der Waals surface area contributed by atoms with Crippen LogP contribution in [0.15, 0.2) is 21.9 Å². The van der Waals surface area contributed by atoms with Crippen LogP contribution in [0.25, 0.3) is 0 Å². The van der Waals surface area contributed by atoms with Crippen LogP contribution in [-0.2, 0) is 0 Å². The lowest BCUT2D eigenvalue weighted by Gasteiger charge is -2.04. The van der Waals surface area contributed by atoms with Crippen LogP contribution in [-0.4, -0.2) is 4.98 Å². The number of furan rings is 1. The van der Waals surface area contributed by atoms with Gasteiger partial charge in [-0.3, -0.25) is 0 Å². The van der Waals surface area contributed by atoms with E-state index in [-0.39, 0.29) is 6.04 Å². The summed E-state index contributed by atoms with van der Waals surface area (Å²) in [5.74, 6) is 1.65. The molecule has 1 unspecified atom stereocenters. The van der Waals surface area contributed by atoms with Crippen LogP contribution in [0.2, 0.25) is 0 Å². The Morgan fingerprint density at radius 3 is 2.71 bits per heavy atom. The fourth-order valence-electron chi connectivity index (χ4n) is 1.29. The molecule has 2 aromatic rings. The Kier molecular flexibility index (Phi) is 2.39. The molecule has 0 aliphatic carbocycles. The topological polar surface area (TPSA) is 52.0 Å². The zero-order chi connectivity index (χ0) is 10.1. The van der Waals surface area contributed by atoms with Crippen molar-refractivity contribution in [3.63, 3.8) is 0 Å². The number of nitrogens with zero attached hydrogens (tertiary/aromatic N) is 1. The largest absolute Gasteiger partial charge is 0.464 e. The van der Waals surface area contributed by atoms with Crippen molar-refractivity contribution in [3.05, 3.63) is 39.7 Å². The predicted molar refractivity (Wildman–Crippen MR) is 56.3 cm³/mol. The molecule has 0 spiro atoms. The standard InChI is InChI=1S/C10H12N2OS/c1-6-3-4-9(13-6)10(11)8-5-14-7(2)12-8/h3-5,10H,11H2,1-2H3. The molecule has 2 aromatic heterocycles. The van der Waals surface area contributed by atoms with Gasteiger partial charge in [0.15, 0.2) is 0 Å². The van der Waals surface area contributed by atoms with Gasteiger partial charge < -0.3 is 10.2 Å². The van der Waals surface area contributed by atoms with Gasteiger partial charge >= 0.3 is 0 Å². The molecule has 0 bridgehead atoms. The first-order valence-electron chi connectivity index (χ1n) is 4.41. The molecule has 14 heavy (non-hydrogen) atoms. The van der Waals surface area contributed by atoms with Crippen LogP contribution in [0.4, 0.5) is 0 Å². The van der Waals surface area contributed by atoms with Crippen molar-refractivity contribution < 1.29 is 4.42 Å². The van der Waals surface area contributed by atoms with E-state index in [1.807, 2.05) is 31.4 Å². The summed E-state index contributed by atoms with van der Waals surface area (Å²) in [5, 5.41) is 3.00. The van der Waals surface area contributed by atoms with E-state index in [1.165, 1.54) is 0 Å². The lowest BCUT2D eigenvalue weighted by atomic mass is 10.2. The maximum atomic E-state index is 5.99. The third-order valence-corrected chi connectivity index (χ3v) is 2.81. The molecule has 0 aliphatic heterocycles. The first-order valence-corrected chi connectivity index (χ1v) is 5.28. The van der Waals surface area contributed by atoms with E-state index >= 15 is 0 Å². The molecular weight excluding hydrogens is 196 g/mol. The van der Waals surface area contributed by atoms with Crippen molar-refractivity contribution in [2.75, 3.05) is 0 Å². The van der Waals surface area contributed by atoms with Crippen molar-refractivity contribution >= 4 is 11.3 Å². The van der Waals surface area contributed by atoms with Gasteiger partial charge in [0.1, 0.15) is 17.6 Å². The number of hydrogen-bond acceptors (Lipinski definition) is 4. The van der Waals surface area contributed by atoms with Crippen molar-refractivity contribution in [1.82, 2.24) is 4.98 Å². The Balaban J connectivity index is 2.28. The zero-order valence-corrected chi connectivity index (χ0v) is 8.97. The number of aryl methyl sites for hydroxylation is 2. The third-order valence-electron chi connectivity index (χ3n) is 2.02. The number of nitrogens with two attached hydrogens (primary N) is 1. The minimum atomic E-state index is -0.242. The van der Waals surface area contributed by atoms with Gasteiger partial charge in [-0.15, -0.1) is 11.3 Å². The molecule has 0 fully saturated rings. The van der Waals surface area contributed by atoms with Crippen molar-refractivity contribution in [1.29, 1.82) is 0 Å². The molecule has 0 radical (unpaired) electrons. The maximum absolute atomic E-state index is 5.99. The molecule has 2 heterocycles. The van der Waals surface area contributed by atoms with E-state index in [2.05, 4.69) is 4.98 Å². The Morgan fingerprint density at radius 1 is 1.43 bits per heavy atom. The highest BCUT2D eigenvalue weighted by Crippen LogP contribution is 2.22. The molecule has 3 nitrogen and oxygen atoms in total. The predicted octanol–water partition coefficient (Wildman–Crippen LogP) is 2.40. The van der Waals surface area contributed by atoms with Gasteiger partial charge in [-0.25, -0.2) is 4.98 Å². The van der Waals surface area contributed by atoms with Gasteiger partial charge in [0, 0.05) is 5.38 Å². The van der Waals surface area contributed by atoms with Crippen molar-refractivity contribution in [2.45, 2.75) is 19.9 Å². The molecule has 0 aromatic carbocycles. The first-order chi connectivity index (χ1) is 6.66. The van der Waals surface area contributed by atoms with Crippen LogP contribution in [0.1, 0.15) is 28.3 Å². The van der Waals surface area contributed by atoms with Gasteiger partial charge in [-0.2, -0.15) is 0 Å². The van der Waals surface area contributed by atoms with Crippen LogP contribution >= 0.6 is 11.3 Å². The van der Waals surface area contributed by atoms with Gasteiger partial charge in [0.25, 0.3) is 0 Å². The number of hydrogen-bond donors (Lipinski definition) is 1. The normalized spacial score (nSPS) is 13.1. The fourth-order valence-corrected chi connectivity index (χ4v) is 1.94. The van der Waals surface area contributed by atoms with Crippen molar-refractivity contribution in [3.8, 4) is 0 Å². The van der Waals surface area contributed by atoms with Gasteiger partial charge in [0.05, 0.1) is 10.7 Å². The lowest BCUT2D eigenvalue weighted by Crippen LogP contribution is -2.11. The number of thiazole rings is 1. The molecular formula is C10H12N2OS. The summed E-state index contributed by atoms with van der Waals surface area (Å²) in [7, 11) is 0. The van der Waals surface area contributed by atoms with Crippen molar-refractivity contribution in [2.24, 2.45) is 5.73 Å². The van der Waals surface area contributed by atoms with E-state index < -0.39 is 0 Å². The van der Waals surface area contributed by atoms with Crippen LogP contribution in [0, 0.1) is 13.8 Å². The van der Waals surface area contributed by atoms with E-state index in [0.29, 0.717) is 0 Å². The molecule has 2 rings (SSSR count). The van der Waals surface area contributed by atoms with Crippen LogP contribution < -0.4 is 5.73 Å². The average Bonchev–Trinajstić information content (AvgIpc) is 2.73. The summed E-state index contributed by atoms with van der Waals surface area (Å²) in [6, 6.07) is 3.57. The quantitative estimate of drug-likeness (QED) is 0.824. The Hall–Kier alpha value is -1.13. The third kappa shape index (κ3) is 1.71. The second-order valence-electron chi connectivity index (χ2n) is 3.22. The molecule has 0 saturated carbocycles. The van der Waals surface area contributed by atoms with Crippen LogP contribution in [0.5, 0.6) is 0 Å². The number of rotatable bonds is 2. The average molecular weight is 208 g/mol. The molecule has 74 valence electrons. The highest BCUT2D eigenvalue weighted by atomic mass is 32.1. The molecule has 1 atom stereocenters. The molecule has 0 aliphatic rings. The summed E-state index contributed by atoms with van der Waals surface area (Å²) < 4.78 is 5.45. The summed E-state index contributed by atoms with van der Waals surface area (Å²) in [6.45, 7) is 3.87. The monoisotopic (exact) mass is 208 g/mol. The van der Waals surface area contributed by atoms with E-state index in [9.17, 15) is 0 Å². The summed E-state index contributed by atoms with van der Waals surface area (Å²) in [5.41, 5.74) is 6.87. The Bertz CT molecular complexity index is 393. The van der Waals surface area contributed by atoms with E-state index in [4.69, 9.17) is 10.2 Å². The summed E-state index contributed by atoms with van der Waals surface area (Å²) in [6.07, 6.45) is 0. The smallest absolute Gasteiger partial charge is 0.127 e. The maximum Gasteiger partial charge on any atom is 0.127 e. The molecule has 0 amide bonds. The summed E-state index contributed by atoms with van der Waals surface area (Å²) in [4.78, 5) is 4.33. The summed E-state index contributed by atoms with van der Waals surface area (Å²) >= 11 is 1.60. The minimum Gasteiger partial charge on any atom is -0.464 e. The van der Waals surface area contributed by atoms with Gasteiger partial charge in [-0.1, -0.05) is 0 Å². The highest BCUT2D eigenvalue weighted by molar-refractivity contribution is 7.09. The Labute approximate surface area is 86.6 Å². The molecule has 4 heteroatoms. The molecule has 0 saturated heterocycles. The second-order valence-corrected chi connectivity index (χ2v) is 4.28. The fraction of sp³-hybridized carbons (Fsp3) is 0.300. The minimum absolute atomic E-state index is 0.242. The zero-order valence-electron chi connectivity index (χ0n) is 8.15.